The Bertz CT molecular complexity index is 944. The van der Waals surface area contributed by atoms with Gasteiger partial charge in [-0.3, -0.25) is 4.90 Å². The van der Waals surface area contributed by atoms with E-state index in [0.29, 0.717) is 5.96 Å². The van der Waals surface area contributed by atoms with Gasteiger partial charge in [0, 0.05) is 5.69 Å². The molecule has 4 N–H and O–H groups in total. The molecular formula is C22H27N5O. The molecule has 146 valence electrons. The highest BCUT2D eigenvalue weighted by Gasteiger charge is 2.42. The lowest BCUT2D eigenvalue weighted by Crippen LogP contribution is -2.58. The van der Waals surface area contributed by atoms with Crippen molar-refractivity contribution >= 4 is 17.6 Å². The number of para-hydroxylation sites is 1. The van der Waals surface area contributed by atoms with Crippen molar-refractivity contribution in [1.29, 1.82) is 0 Å². The summed E-state index contributed by atoms with van der Waals surface area (Å²) in [7, 11) is 0. The number of anilines is 1. The van der Waals surface area contributed by atoms with Crippen molar-refractivity contribution < 1.29 is 4.74 Å². The summed E-state index contributed by atoms with van der Waals surface area (Å²) in [5.74, 6) is 2.36. The Kier molecular flexibility index (Phi) is 4.71. The monoisotopic (exact) mass is 377 g/mol. The molecule has 1 spiro atoms. The molecule has 1 aliphatic heterocycles. The van der Waals surface area contributed by atoms with E-state index in [1.165, 1.54) is 6.42 Å². The van der Waals surface area contributed by atoms with Crippen molar-refractivity contribution in [1.82, 2.24) is 0 Å². The average molecular weight is 377 g/mol. The van der Waals surface area contributed by atoms with Crippen LogP contribution in [0.1, 0.15) is 43.2 Å². The minimum absolute atomic E-state index is 0.270. The van der Waals surface area contributed by atoms with Crippen LogP contribution in [0, 0.1) is 13.8 Å². The van der Waals surface area contributed by atoms with E-state index in [2.05, 4.69) is 11.1 Å². The van der Waals surface area contributed by atoms with Crippen LogP contribution in [0.25, 0.3) is 0 Å². The number of aryl methyl sites for hydroxylation is 2. The molecule has 0 atom stereocenters. The van der Waals surface area contributed by atoms with Crippen LogP contribution >= 0.6 is 0 Å². The topological polar surface area (TPSA) is 89.2 Å². The van der Waals surface area contributed by atoms with E-state index in [-0.39, 0.29) is 5.96 Å². The van der Waals surface area contributed by atoms with Crippen LogP contribution in [-0.2, 0) is 0 Å². The van der Waals surface area contributed by atoms with Gasteiger partial charge in [0.05, 0.1) is 0 Å². The lowest BCUT2D eigenvalue weighted by atomic mass is 9.87. The van der Waals surface area contributed by atoms with Crippen LogP contribution in [0.15, 0.2) is 52.4 Å². The molecule has 2 aromatic rings. The minimum Gasteiger partial charge on any atom is -0.457 e. The van der Waals surface area contributed by atoms with Crippen molar-refractivity contribution in [2.45, 2.75) is 51.6 Å². The smallest absolute Gasteiger partial charge is 0.220 e. The molecule has 2 aliphatic rings. The normalized spacial score (nSPS) is 18.6. The maximum atomic E-state index is 6.32. The first-order valence-corrected chi connectivity index (χ1v) is 9.82. The van der Waals surface area contributed by atoms with Gasteiger partial charge < -0.3 is 16.2 Å². The Balaban J connectivity index is 1.68. The molecule has 1 saturated carbocycles. The van der Waals surface area contributed by atoms with E-state index in [4.69, 9.17) is 21.2 Å². The minimum atomic E-state index is -0.432. The molecule has 0 unspecified atom stereocenters. The van der Waals surface area contributed by atoms with Gasteiger partial charge in [0.2, 0.25) is 11.9 Å². The maximum Gasteiger partial charge on any atom is 0.220 e. The van der Waals surface area contributed by atoms with Crippen molar-refractivity contribution in [2.75, 3.05) is 4.90 Å². The van der Waals surface area contributed by atoms with Crippen LogP contribution < -0.4 is 21.1 Å². The van der Waals surface area contributed by atoms with Gasteiger partial charge >= 0.3 is 0 Å². The van der Waals surface area contributed by atoms with Crippen LogP contribution in [-0.4, -0.2) is 17.6 Å². The van der Waals surface area contributed by atoms with Crippen molar-refractivity contribution in [3.05, 3.63) is 53.6 Å². The molecule has 6 heteroatoms. The summed E-state index contributed by atoms with van der Waals surface area (Å²) in [5.41, 5.74) is 14.9. The van der Waals surface area contributed by atoms with E-state index in [9.17, 15) is 0 Å². The molecule has 4 rings (SSSR count). The Hall–Kier alpha value is -3.02. The van der Waals surface area contributed by atoms with E-state index in [0.717, 1.165) is 54.0 Å². The zero-order valence-corrected chi connectivity index (χ0v) is 16.5. The molecule has 0 saturated heterocycles. The number of ether oxygens (including phenoxy) is 1. The zero-order chi connectivity index (χ0) is 19.7. The SMILES string of the molecule is Cc1ccccc1Oc1ccc(N2C(N)=NC(N)=NC23CCCCC3)cc1C. The van der Waals surface area contributed by atoms with Gasteiger partial charge in [-0.15, -0.1) is 0 Å². The molecule has 0 aromatic heterocycles. The predicted molar refractivity (Wildman–Crippen MR) is 114 cm³/mol. The molecule has 28 heavy (non-hydrogen) atoms. The van der Waals surface area contributed by atoms with Crippen LogP contribution in [0.5, 0.6) is 11.5 Å². The van der Waals surface area contributed by atoms with E-state index in [1.807, 2.05) is 55.1 Å². The third-order valence-electron chi connectivity index (χ3n) is 5.58. The highest BCUT2D eigenvalue weighted by Crippen LogP contribution is 2.40. The molecular weight excluding hydrogens is 350 g/mol. The Morgan fingerprint density at radius 2 is 1.64 bits per heavy atom. The largest absolute Gasteiger partial charge is 0.457 e. The summed E-state index contributed by atoms with van der Waals surface area (Å²) >= 11 is 0. The number of benzene rings is 2. The quantitative estimate of drug-likeness (QED) is 0.839. The molecule has 1 heterocycles. The Morgan fingerprint density at radius 3 is 2.36 bits per heavy atom. The Labute approximate surface area is 165 Å². The highest BCUT2D eigenvalue weighted by atomic mass is 16.5. The van der Waals surface area contributed by atoms with E-state index >= 15 is 0 Å². The summed E-state index contributed by atoms with van der Waals surface area (Å²) in [6.07, 6.45) is 5.27. The van der Waals surface area contributed by atoms with Gasteiger partial charge in [0.15, 0.2) is 0 Å². The fourth-order valence-corrected chi connectivity index (χ4v) is 4.17. The second-order valence-electron chi connectivity index (χ2n) is 7.64. The van der Waals surface area contributed by atoms with Gasteiger partial charge in [-0.2, -0.15) is 4.99 Å². The number of nitrogens with two attached hydrogens (primary N) is 2. The molecule has 0 radical (unpaired) electrons. The second-order valence-corrected chi connectivity index (χ2v) is 7.64. The van der Waals surface area contributed by atoms with Crippen LogP contribution in [0.3, 0.4) is 0 Å². The van der Waals surface area contributed by atoms with Crippen molar-refractivity contribution in [3.8, 4) is 11.5 Å². The molecule has 0 amide bonds. The summed E-state index contributed by atoms with van der Waals surface area (Å²) in [5, 5.41) is 0. The first-order valence-electron chi connectivity index (χ1n) is 9.82. The number of nitrogens with zero attached hydrogens (tertiary/aromatic N) is 3. The number of hydrogen-bond acceptors (Lipinski definition) is 6. The molecule has 2 aromatic carbocycles. The van der Waals surface area contributed by atoms with Gasteiger partial charge in [-0.05, 0) is 74.9 Å². The molecule has 0 bridgehead atoms. The standard InChI is InChI=1S/C22H27N5O/c1-15-8-4-5-9-18(15)28-19-11-10-17(14-16(19)2)27-21(24)25-20(23)26-22(27)12-6-3-7-13-22/h4-5,8-11,14H,3,6-7,12-13H2,1-2H3,(H4,23,24,25,26). The highest BCUT2D eigenvalue weighted by molar-refractivity contribution is 6.05. The lowest BCUT2D eigenvalue weighted by Gasteiger charge is -2.45. The summed E-state index contributed by atoms with van der Waals surface area (Å²) in [6, 6.07) is 14.1. The van der Waals surface area contributed by atoms with Crippen LogP contribution in [0.2, 0.25) is 0 Å². The van der Waals surface area contributed by atoms with Crippen LogP contribution in [0.4, 0.5) is 5.69 Å². The van der Waals surface area contributed by atoms with Gasteiger partial charge in [-0.1, -0.05) is 24.6 Å². The third kappa shape index (κ3) is 3.30. The second kappa shape index (κ2) is 7.19. The van der Waals surface area contributed by atoms with Gasteiger partial charge in [-0.25, -0.2) is 4.99 Å². The summed E-state index contributed by atoms with van der Waals surface area (Å²) in [4.78, 5) is 11.0. The van der Waals surface area contributed by atoms with E-state index in [1.54, 1.807) is 0 Å². The molecule has 6 nitrogen and oxygen atoms in total. The first kappa shape index (κ1) is 18.3. The van der Waals surface area contributed by atoms with Gasteiger partial charge in [0.25, 0.3) is 0 Å². The van der Waals surface area contributed by atoms with Crippen molar-refractivity contribution in [3.63, 3.8) is 0 Å². The summed E-state index contributed by atoms with van der Waals surface area (Å²) in [6.45, 7) is 4.08. The summed E-state index contributed by atoms with van der Waals surface area (Å²) < 4.78 is 6.14. The fourth-order valence-electron chi connectivity index (χ4n) is 4.17. The zero-order valence-electron chi connectivity index (χ0n) is 16.5. The number of aliphatic imine (C=N–C) groups is 2. The van der Waals surface area contributed by atoms with E-state index < -0.39 is 5.66 Å². The maximum absolute atomic E-state index is 6.32. The van der Waals surface area contributed by atoms with Gasteiger partial charge in [0.1, 0.15) is 17.2 Å². The number of rotatable bonds is 3. The average Bonchev–Trinajstić information content (AvgIpc) is 2.65. The Morgan fingerprint density at radius 1 is 0.929 bits per heavy atom. The third-order valence-corrected chi connectivity index (χ3v) is 5.58. The number of hydrogen-bond donors (Lipinski definition) is 2. The molecule has 1 fully saturated rings. The van der Waals surface area contributed by atoms with Crippen molar-refractivity contribution in [2.24, 2.45) is 21.5 Å². The molecule has 1 aliphatic carbocycles. The predicted octanol–water partition coefficient (Wildman–Crippen LogP) is 4.21. The number of guanidine groups is 2. The first-order chi connectivity index (χ1) is 13.5. The lowest BCUT2D eigenvalue weighted by molar-refractivity contribution is 0.305. The fraction of sp³-hybridized carbons (Fsp3) is 0.364.